The average molecular weight is 467 g/mol. The Kier molecular flexibility index (Phi) is 4.71. The molecule has 3 saturated heterocycles. The molecule has 1 unspecified atom stereocenters. The maximum Gasteiger partial charge on any atom is 0.332 e. The maximum absolute atomic E-state index is 13.6. The number of anilines is 1. The van der Waals surface area contributed by atoms with Gasteiger partial charge < -0.3 is 14.5 Å². The van der Waals surface area contributed by atoms with Crippen LogP contribution in [0.4, 0.5) is 10.5 Å². The van der Waals surface area contributed by atoms with Crippen LogP contribution >= 0.6 is 0 Å². The van der Waals surface area contributed by atoms with Gasteiger partial charge in [-0.15, -0.1) is 0 Å². The number of hydrogen-bond acceptors (Lipinski definition) is 6. The van der Waals surface area contributed by atoms with E-state index < -0.39 is 6.04 Å². The molecule has 0 spiro atoms. The molecule has 35 heavy (non-hydrogen) atoms. The molecule has 3 fully saturated rings. The zero-order valence-electron chi connectivity index (χ0n) is 18.9. The number of methoxy groups -OCH3 is 1. The average Bonchev–Trinajstić information content (AvgIpc) is 3.55. The summed E-state index contributed by atoms with van der Waals surface area (Å²) in [4.78, 5) is 49.1. The van der Waals surface area contributed by atoms with E-state index in [9.17, 15) is 19.6 Å². The van der Waals surface area contributed by atoms with Gasteiger partial charge in [0.2, 0.25) is 5.91 Å². The van der Waals surface area contributed by atoms with Gasteiger partial charge in [0, 0.05) is 18.1 Å². The molecule has 4 heterocycles. The lowest BCUT2D eigenvalue weighted by Gasteiger charge is -2.35. The first-order chi connectivity index (χ1) is 17.0. The summed E-state index contributed by atoms with van der Waals surface area (Å²) in [6.45, 7) is 0.409. The topological polar surface area (TPSA) is 107 Å². The number of carbonyl (C=O) groups is 3. The largest absolute Gasteiger partial charge is 0.497 e. The molecule has 3 atom stereocenters. The molecule has 3 aromatic rings. The number of likely N-dealkylation sites (tertiary alicyclic amines) is 1. The van der Waals surface area contributed by atoms with Gasteiger partial charge in [0.25, 0.3) is 5.91 Å². The number of urea groups is 1. The highest BCUT2D eigenvalue weighted by atomic mass is 16.5. The fourth-order valence-corrected chi connectivity index (χ4v) is 5.67. The number of nitriles is 1. The Balaban J connectivity index is 1.30. The van der Waals surface area contributed by atoms with Gasteiger partial charge in [-0.25, -0.2) is 9.69 Å². The standard InChI is InChI=1S/C26H21N5O4/c1-35-18-5-2-4-15(10-18)11-22(32)29-14-17-12-21(29)24-25(33)31(26(34)30(17)24)20-8-7-16(13-27)23-19(20)6-3-9-28-23/h2-10,17,21,24H,11-12,14H2,1H3/t17-,21?,24-/m1/s1. The Labute approximate surface area is 201 Å². The summed E-state index contributed by atoms with van der Waals surface area (Å²) in [7, 11) is 1.58. The third-order valence-corrected chi connectivity index (χ3v) is 7.18. The third kappa shape index (κ3) is 3.06. The minimum atomic E-state index is -0.710. The molecule has 9 nitrogen and oxygen atoms in total. The summed E-state index contributed by atoms with van der Waals surface area (Å²) >= 11 is 0. The molecule has 6 rings (SSSR count). The van der Waals surface area contributed by atoms with Crippen LogP contribution in [-0.2, 0) is 16.0 Å². The summed E-state index contributed by atoms with van der Waals surface area (Å²) < 4.78 is 5.25. The second kappa shape index (κ2) is 7.81. The summed E-state index contributed by atoms with van der Waals surface area (Å²) in [5, 5.41) is 9.99. The number of benzene rings is 2. The van der Waals surface area contributed by atoms with Gasteiger partial charge in [0.05, 0.1) is 42.4 Å². The molecule has 0 radical (unpaired) electrons. The van der Waals surface area contributed by atoms with E-state index in [-0.39, 0.29) is 36.3 Å². The van der Waals surface area contributed by atoms with E-state index in [4.69, 9.17) is 4.74 Å². The lowest BCUT2D eigenvalue weighted by molar-refractivity contribution is -0.135. The predicted molar refractivity (Wildman–Crippen MR) is 126 cm³/mol. The Hall–Kier alpha value is -4.45. The molecule has 3 aliphatic heterocycles. The fraction of sp³-hybridized carbons (Fsp3) is 0.269. The number of imide groups is 1. The van der Waals surface area contributed by atoms with E-state index in [1.54, 1.807) is 47.4 Å². The molecule has 3 aliphatic rings. The number of aromatic nitrogens is 1. The Bertz CT molecular complexity index is 1450. The van der Waals surface area contributed by atoms with Crippen molar-refractivity contribution in [2.75, 3.05) is 18.6 Å². The molecule has 0 N–H and O–H groups in total. The first-order valence-electron chi connectivity index (χ1n) is 11.4. The van der Waals surface area contributed by atoms with E-state index >= 15 is 0 Å². The molecular formula is C26H21N5O4. The van der Waals surface area contributed by atoms with Crippen LogP contribution in [0.15, 0.2) is 54.7 Å². The van der Waals surface area contributed by atoms with Crippen LogP contribution < -0.4 is 9.64 Å². The second-order valence-electron chi connectivity index (χ2n) is 8.98. The van der Waals surface area contributed by atoms with Crippen LogP contribution in [0, 0.1) is 11.3 Å². The van der Waals surface area contributed by atoms with Gasteiger partial charge in [-0.3, -0.25) is 14.6 Å². The molecule has 2 bridgehead atoms. The van der Waals surface area contributed by atoms with Crippen molar-refractivity contribution in [2.45, 2.75) is 31.0 Å². The van der Waals surface area contributed by atoms with E-state index in [2.05, 4.69) is 11.1 Å². The van der Waals surface area contributed by atoms with E-state index in [0.29, 0.717) is 40.9 Å². The molecule has 1 aromatic heterocycles. The van der Waals surface area contributed by atoms with Gasteiger partial charge in [-0.1, -0.05) is 12.1 Å². The molecule has 174 valence electrons. The number of nitrogens with zero attached hydrogens (tertiary/aromatic N) is 5. The Morgan fingerprint density at radius 3 is 2.86 bits per heavy atom. The SMILES string of the molecule is COc1cccc(CC(=O)N2C[C@H]3CC2[C@@H]2C(=O)N(c4ccc(C#N)c5ncccc45)C(=O)N32)c1. The zero-order chi connectivity index (χ0) is 24.3. The van der Waals surface area contributed by atoms with Crippen molar-refractivity contribution < 1.29 is 19.1 Å². The Morgan fingerprint density at radius 2 is 2.06 bits per heavy atom. The quantitative estimate of drug-likeness (QED) is 0.546. The highest BCUT2D eigenvalue weighted by molar-refractivity contribution is 6.25. The van der Waals surface area contributed by atoms with Crippen LogP contribution in [0.5, 0.6) is 5.75 Å². The number of rotatable bonds is 4. The molecule has 0 aliphatic carbocycles. The molecular weight excluding hydrogens is 446 g/mol. The zero-order valence-corrected chi connectivity index (χ0v) is 18.9. The first-order valence-corrected chi connectivity index (χ1v) is 11.4. The van der Waals surface area contributed by atoms with Crippen LogP contribution in [-0.4, -0.2) is 64.4 Å². The van der Waals surface area contributed by atoms with Crippen LogP contribution in [0.25, 0.3) is 10.9 Å². The van der Waals surface area contributed by atoms with Gasteiger partial charge in [0.1, 0.15) is 17.9 Å². The van der Waals surface area contributed by atoms with Crippen molar-refractivity contribution in [2.24, 2.45) is 0 Å². The number of hydrogen-bond donors (Lipinski definition) is 0. The number of ether oxygens (including phenoxy) is 1. The normalized spacial score (nSPS) is 22.6. The summed E-state index contributed by atoms with van der Waals surface area (Å²) in [5.41, 5.74) is 2.06. The highest BCUT2D eigenvalue weighted by Gasteiger charge is 2.62. The van der Waals surface area contributed by atoms with Crippen LogP contribution in [0.1, 0.15) is 17.5 Å². The molecule has 0 saturated carbocycles. The van der Waals surface area contributed by atoms with E-state index in [1.807, 2.05) is 24.3 Å². The number of fused-ring (bicyclic) bond motifs is 6. The van der Waals surface area contributed by atoms with Gasteiger partial charge >= 0.3 is 6.03 Å². The van der Waals surface area contributed by atoms with Crippen molar-refractivity contribution in [3.63, 3.8) is 0 Å². The molecule has 9 heteroatoms. The second-order valence-corrected chi connectivity index (χ2v) is 8.98. The molecule has 4 amide bonds. The maximum atomic E-state index is 13.6. The predicted octanol–water partition coefficient (Wildman–Crippen LogP) is 2.48. The van der Waals surface area contributed by atoms with Crippen molar-refractivity contribution in [1.29, 1.82) is 5.26 Å². The summed E-state index contributed by atoms with van der Waals surface area (Å²) in [5.74, 6) is 0.258. The number of amides is 4. The van der Waals surface area contributed by atoms with Gasteiger partial charge in [-0.05, 0) is 48.4 Å². The summed E-state index contributed by atoms with van der Waals surface area (Å²) in [6, 6.07) is 14.5. The van der Waals surface area contributed by atoms with Crippen molar-refractivity contribution in [3.8, 4) is 11.8 Å². The number of piperazine rings is 1. The summed E-state index contributed by atoms with van der Waals surface area (Å²) in [6.07, 6.45) is 2.37. The van der Waals surface area contributed by atoms with E-state index in [0.717, 1.165) is 5.56 Å². The van der Waals surface area contributed by atoms with Crippen molar-refractivity contribution >= 4 is 34.4 Å². The van der Waals surface area contributed by atoms with Crippen LogP contribution in [0.3, 0.4) is 0 Å². The smallest absolute Gasteiger partial charge is 0.332 e. The minimum Gasteiger partial charge on any atom is -0.497 e. The van der Waals surface area contributed by atoms with Crippen molar-refractivity contribution in [3.05, 3.63) is 65.9 Å². The monoisotopic (exact) mass is 467 g/mol. The molecule has 2 aromatic carbocycles. The fourth-order valence-electron chi connectivity index (χ4n) is 5.67. The number of pyridine rings is 1. The number of carbonyl (C=O) groups excluding carboxylic acids is 3. The minimum absolute atomic E-state index is 0.0721. The highest BCUT2D eigenvalue weighted by Crippen LogP contribution is 2.43. The Morgan fingerprint density at radius 1 is 1.20 bits per heavy atom. The van der Waals surface area contributed by atoms with Crippen LogP contribution in [0.2, 0.25) is 0 Å². The first kappa shape index (κ1) is 21.1. The van der Waals surface area contributed by atoms with Crippen molar-refractivity contribution in [1.82, 2.24) is 14.8 Å². The lowest BCUT2D eigenvalue weighted by atomic mass is 10.1. The van der Waals surface area contributed by atoms with E-state index in [1.165, 1.54) is 4.90 Å². The van der Waals surface area contributed by atoms with Gasteiger partial charge in [-0.2, -0.15) is 5.26 Å². The lowest BCUT2D eigenvalue weighted by Crippen LogP contribution is -2.55. The van der Waals surface area contributed by atoms with Gasteiger partial charge in [0.15, 0.2) is 0 Å². The third-order valence-electron chi connectivity index (χ3n) is 7.18.